The van der Waals surface area contributed by atoms with E-state index in [-0.39, 0.29) is 6.04 Å². The minimum atomic E-state index is 0.235. The molecule has 9 heterocycles. The van der Waals surface area contributed by atoms with Crippen LogP contribution in [0.2, 0.25) is 5.02 Å². The number of rotatable bonds is 21. The van der Waals surface area contributed by atoms with Crippen molar-refractivity contribution in [2.45, 2.75) is 45.7 Å². The number of hydrogen-bond acceptors (Lipinski definition) is 20. The lowest BCUT2D eigenvalue weighted by atomic mass is 9.90. The second-order valence-electron chi connectivity index (χ2n) is 32.6. The van der Waals surface area contributed by atoms with Crippen molar-refractivity contribution in [2.24, 2.45) is 5.92 Å². The second kappa shape index (κ2) is 43.8. The normalized spacial score (nSPS) is 11.7. The molecule has 0 spiro atoms. The van der Waals surface area contributed by atoms with Crippen LogP contribution in [0.1, 0.15) is 37.8 Å². The highest BCUT2D eigenvalue weighted by atomic mass is 35.5. The monoisotopic (exact) mass is 1800 g/mol. The van der Waals surface area contributed by atoms with Crippen molar-refractivity contribution in [1.82, 2.24) is 64.8 Å². The zero-order chi connectivity index (χ0) is 92.6. The molecule has 0 amide bonds. The molecular formula is C115H97ClN18O2. The van der Waals surface area contributed by atoms with E-state index in [9.17, 15) is 0 Å². The van der Waals surface area contributed by atoms with Crippen LogP contribution in [-0.2, 0) is 13.0 Å². The quantitative estimate of drug-likeness (QED) is 0.0683. The van der Waals surface area contributed by atoms with Crippen molar-refractivity contribution in [1.29, 1.82) is 0 Å². The number of benzene rings is 13. The summed E-state index contributed by atoms with van der Waals surface area (Å²) in [5.41, 5.74) is 16.0. The van der Waals surface area contributed by atoms with Crippen molar-refractivity contribution in [2.75, 3.05) is 52.6 Å². The predicted molar refractivity (Wildman–Crippen MR) is 553 cm³/mol. The van der Waals surface area contributed by atoms with Crippen LogP contribution in [0.4, 0.5) is 51.8 Å². The Kier molecular flexibility index (Phi) is 28.8. The third-order valence-electron chi connectivity index (χ3n) is 23.2. The number of piperidine rings is 1. The molecule has 136 heavy (non-hydrogen) atoms. The average Bonchev–Trinajstić information content (AvgIpc) is 0.627. The summed E-state index contributed by atoms with van der Waals surface area (Å²) in [4.78, 5) is 67.6. The van der Waals surface area contributed by atoms with Crippen LogP contribution in [0.5, 0.6) is 11.5 Å². The van der Waals surface area contributed by atoms with E-state index in [2.05, 4.69) is 150 Å². The maximum Gasteiger partial charge on any atom is 0.163 e. The summed E-state index contributed by atoms with van der Waals surface area (Å²) in [5.74, 6) is 10.3. The molecule has 666 valence electrons. The van der Waals surface area contributed by atoms with E-state index in [4.69, 9.17) is 65.9 Å². The molecule has 0 atom stereocenters. The zero-order valence-corrected chi connectivity index (χ0v) is 76.3. The number of halogens is 1. The van der Waals surface area contributed by atoms with Crippen LogP contribution in [0, 0.1) is 5.92 Å². The smallest absolute Gasteiger partial charge is 0.163 e. The summed E-state index contributed by atoms with van der Waals surface area (Å²) in [6.45, 7) is 7.07. The van der Waals surface area contributed by atoms with Gasteiger partial charge in [0.05, 0.1) is 46.8 Å². The first-order valence-electron chi connectivity index (χ1n) is 45.2. The van der Waals surface area contributed by atoms with Gasteiger partial charge in [-0.05, 0) is 184 Å². The fraction of sp³-hybridized carbons (Fsp3) is 0.104. The molecule has 8 aromatic heterocycles. The Hall–Kier alpha value is -17.1. The number of nitrogens with one attached hydrogen (secondary N) is 2. The lowest BCUT2D eigenvalue weighted by Crippen LogP contribution is -2.35. The van der Waals surface area contributed by atoms with Gasteiger partial charge in [-0.25, -0.2) is 49.8 Å². The van der Waals surface area contributed by atoms with E-state index >= 15 is 0 Å². The summed E-state index contributed by atoms with van der Waals surface area (Å²) in [5, 5.41) is 12.5. The van der Waals surface area contributed by atoms with Gasteiger partial charge in [0.1, 0.15) is 40.6 Å². The Morgan fingerprint density at radius 3 is 1.24 bits per heavy atom. The van der Waals surface area contributed by atoms with Crippen LogP contribution in [0.25, 0.3) is 111 Å². The molecule has 0 aliphatic carbocycles. The Balaban J connectivity index is 0.000000114. The molecule has 1 aliphatic heterocycles. The summed E-state index contributed by atoms with van der Waals surface area (Å²) in [6.07, 6.45) is 14.3. The van der Waals surface area contributed by atoms with Crippen molar-refractivity contribution >= 4 is 118 Å². The number of methoxy groups -OCH3 is 2. The van der Waals surface area contributed by atoms with E-state index in [1.54, 1.807) is 39.0 Å². The lowest BCUT2D eigenvalue weighted by molar-refractivity contribution is 0.403. The molecule has 0 radical (unpaired) electrons. The number of pyridine rings is 3. The molecule has 2 N–H and O–H groups in total. The van der Waals surface area contributed by atoms with Crippen molar-refractivity contribution < 1.29 is 9.47 Å². The largest absolute Gasteiger partial charge is 0.497 e. The summed E-state index contributed by atoms with van der Waals surface area (Å²) in [6, 6.07) is 127. The maximum absolute atomic E-state index is 6.31. The molecule has 13 aromatic carbocycles. The topological polar surface area (TPSA) is 220 Å². The van der Waals surface area contributed by atoms with Gasteiger partial charge in [0.2, 0.25) is 0 Å². The Bertz CT molecular complexity index is 7520. The predicted octanol–water partition coefficient (Wildman–Crippen LogP) is 27.2. The van der Waals surface area contributed by atoms with E-state index in [0.717, 1.165) is 182 Å². The van der Waals surface area contributed by atoms with Crippen LogP contribution >= 0.6 is 11.6 Å². The minimum Gasteiger partial charge on any atom is -0.497 e. The zero-order valence-electron chi connectivity index (χ0n) is 75.6. The molecule has 1 aliphatic rings. The SMILES string of the molecule is CC(C)N(c1ccncc1)c1nc(-c2ccccc2)nc2ccccc12.COc1ccc(CN(c2ccncc2)c2nc(-c3ccccc3)nc3ccccc23)cc1.COc1cccc(Nc2nc(-c3ccccc3)nc3ccccc23)c1.Clc1ccccc1-c1nc(Nc2ccncc2)c2ccccc2n1.c1ccc(CC2CCN(c3nc(-c4ccccc4)nc4ccccc34)CC2)cc1. The van der Waals surface area contributed by atoms with Crippen molar-refractivity contribution in [3.05, 3.63) is 436 Å². The van der Waals surface area contributed by atoms with Crippen LogP contribution in [0.15, 0.2) is 419 Å². The number of anilines is 9. The van der Waals surface area contributed by atoms with Crippen molar-refractivity contribution in [3.63, 3.8) is 0 Å². The van der Waals surface area contributed by atoms with Gasteiger partial charge in [-0.2, -0.15) is 0 Å². The van der Waals surface area contributed by atoms with Gasteiger partial charge in [0.15, 0.2) is 29.1 Å². The fourth-order valence-electron chi connectivity index (χ4n) is 16.4. The molecule has 21 heteroatoms. The minimum absolute atomic E-state index is 0.235. The Labute approximate surface area is 795 Å². The summed E-state index contributed by atoms with van der Waals surface area (Å²) >= 11 is 6.31. The number of ether oxygens (including phenoxy) is 2. The highest BCUT2D eigenvalue weighted by Crippen LogP contribution is 2.40. The van der Waals surface area contributed by atoms with E-state index in [0.29, 0.717) is 29.0 Å². The highest BCUT2D eigenvalue weighted by Gasteiger charge is 2.26. The second-order valence-corrected chi connectivity index (χ2v) is 33.0. The standard InChI is InChI=1S/C27H22N4O.C26H25N3.C22H20N4.C21H17N3O.C19H13ClN4/c1-32-23-13-11-20(12-14-23)19-31(22-15-17-28-18-16-22)27-24-9-5-6-10-25(24)29-26(30-27)21-7-3-2-4-8-21;1-3-9-20(10-4-1)19-21-15-17-29(18-16-21)26-23-13-7-8-14-24(23)27-25(28-26)22-11-5-2-6-12-22;1-16(2)26(18-12-14-23-15-13-18)22-19-10-6-7-11-20(19)24-21(25-22)17-8-4-3-5-9-17;1-25-17-11-7-10-16(14-17)22-21-18-12-5-6-13-19(18)23-20(24-21)15-8-3-2-4-9-15;20-16-7-3-1-5-14(16)18-23-17-8-4-2-6-15(17)19(24-18)22-13-9-11-21-12-10-13/h2-18H,19H2,1H3;1-14,21H,15-19H2;3-16H,1-2H3;2-14H,1H3,(H,22,23,24);1-12H,(H,21,22,23,24). The third kappa shape index (κ3) is 22.0. The molecule has 1 saturated heterocycles. The Morgan fingerprint density at radius 2 is 0.735 bits per heavy atom. The maximum atomic E-state index is 6.31. The number of hydrogen-bond donors (Lipinski definition) is 2. The van der Waals surface area contributed by atoms with Gasteiger partial charge in [-0.15, -0.1) is 0 Å². The summed E-state index contributed by atoms with van der Waals surface area (Å²) < 4.78 is 10.6. The molecule has 0 bridgehead atoms. The number of nitrogens with zero attached hydrogens (tertiary/aromatic N) is 16. The Morgan fingerprint density at radius 1 is 0.338 bits per heavy atom. The molecule has 22 rings (SSSR count). The molecular weight excluding hydrogens is 1700 g/mol. The van der Waals surface area contributed by atoms with Gasteiger partial charge in [0, 0.05) is 146 Å². The molecule has 0 saturated carbocycles. The van der Waals surface area contributed by atoms with Crippen molar-refractivity contribution in [3.8, 4) is 68.4 Å². The third-order valence-corrected chi connectivity index (χ3v) is 23.5. The van der Waals surface area contributed by atoms with Gasteiger partial charge in [0.25, 0.3) is 0 Å². The van der Waals surface area contributed by atoms with Gasteiger partial charge in [-0.1, -0.05) is 254 Å². The lowest BCUT2D eigenvalue weighted by Gasteiger charge is -2.33. The molecule has 0 unspecified atom stereocenters. The fourth-order valence-corrected chi connectivity index (χ4v) is 16.6. The molecule has 20 nitrogen and oxygen atoms in total. The molecule has 21 aromatic rings. The van der Waals surface area contributed by atoms with Crippen LogP contribution < -0.4 is 34.8 Å². The first-order valence-corrected chi connectivity index (χ1v) is 45.6. The van der Waals surface area contributed by atoms with E-state index in [1.807, 2.05) is 304 Å². The number of para-hydroxylation sites is 5. The number of aromatic nitrogens is 13. The highest BCUT2D eigenvalue weighted by molar-refractivity contribution is 6.33. The van der Waals surface area contributed by atoms with Gasteiger partial charge < -0.3 is 34.8 Å². The average molecular weight is 1800 g/mol. The first-order chi connectivity index (χ1) is 67.1. The van der Waals surface area contributed by atoms with Gasteiger partial charge >= 0.3 is 0 Å². The number of fused-ring (bicyclic) bond motifs is 5. The van der Waals surface area contributed by atoms with Gasteiger partial charge in [-0.3, -0.25) is 15.0 Å². The summed E-state index contributed by atoms with van der Waals surface area (Å²) in [7, 11) is 3.34. The van der Waals surface area contributed by atoms with E-state index < -0.39 is 0 Å². The van der Waals surface area contributed by atoms with Crippen LogP contribution in [0.3, 0.4) is 0 Å². The van der Waals surface area contributed by atoms with E-state index in [1.165, 1.54) is 24.8 Å². The first kappa shape index (κ1) is 89.5. The van der Waals surface area contributed by atoms with Crippen LogP contribution in [-0.4, -0.2) is 98.1 Å². The molecule has 1 fully saturated rings.